The smallest absolute Gasteiger partial charge is 0.332 e. The molecule has 2 amide bonds. The van der Waals surface area contributed by atoms with Crippen LogP contribution in [0.25, 0.3) is 11.0 Å². The Labute approximate surface area is 195 Å². The number of carbonyl (C=O) groups excluding carboxylic acids is 2. The number of methoxy groups -OCH3 is 1. The van der Waals surface area contributed by atoms with Crippen molar-refractivity contribution in [2.24, 2.45) is 20.0 Å². The molecule has 1 aromatic carbocycles. The molecule has 3 aromatic rings. The van der Waals surface area contributed by atoms with Crippen LogP contribution in [0, 0.1) is 5.92 Å². The lowest BCUT2D eigenvalue weighted by molar-refractivity contribution is -0.122. The van der Waals surface area contributed by atoms with E-state index in [4.69, 9.17) is 4.74 Å². The molecule has 0 bridgehead atoms. The first-order valence-electron chi connectivity index (χ1n) is 11.0. The Morgan fingerprint density at radius 3 is 2.41 bits per heavy atom. The molecule has 1 atom stereocenters. The van der Waals surface area contributed by atoms with Crippen LogP contribution in [0.3, 0.4) is 0 Å². The van der Waals surface area contributed by atoms with Gasteiger partial charge in [0.15, 0.2) is 5.65 Å². The number of pyridine rings is 1. The van der Waals surface area contributed by atoms with E-state index >= 15 is 0 Å². The van der Waals surface area contributed by atoms with E-state index in [0.29, 0.717) is 22.7 Å². The highest BCUT2D eigenvalue weighted by molar-refractivity contribution is 6.06. The van der Waals surface area contributed by atoms with E-state index in [9.17, 15) is 19.2 Å². The van der Waals surface area contributed by atoms with Gasteiger partial charge in [0.05, 0.1) is 18.7 Å². The van der Waals surface area contributed by atoms with Gasteiger partial charge in [-0.15, -0.1) is 0 Å². The number of benzene rings is 1. The van der Waals surface area contributed by atoms with E-state index in [1.807, 2.05) is 13.8 Å². The van der Waals surface area contributed by atoms with E-state index in [1.54, 1.807) is 42.5 Å². The summed E-state index contributed by atoms with van der Waals surface area (Å²) in [5.74, 6) is -0.502. The molecular formula is C24H27N5O5. The first-order chi connectivity index (χ1) is 16.1. The lowest BCUT2D eigenvalue weighted by atomic mass is 10.0. The van der Waals surface area contributed by atoms with Crippen LogP contribution in [-0.4, -0.2) is 39.6 Å². The second-order valence-electron chi connectivity index (χ2n) is 8.74. The summed E-state index contributed by atoms with van der Waals surface area (Å²) >= 11 is 0. The standard InChI is InChI=1S/C24H27N5O5/c1-13(2)17-11-25-21-19(23(32)28(4)24(33)27(21)3)20(17)26-22(31)14-10-18(30)29(12-14)15-6-8-16(34-5)9-7-15/h6-9,11,13-14H,10,12H2,1-5H3,(H,25,26,31). The Hall–Kier alpha value is -3.95. The lowest BCUT2D eigenvalue weighted by Crippen LogP contribution is -2.38. The van der Waals surface area contributed by atoms with Gasteiger partial charge < -0.3 is 15.0 Å². The summed E-state index contributed by atoms with van der Waals surface area (Å²) in [7, 11) is 4.48. The topological polar surface area (TPSA) is 116 Å². The SMILES string of the molecule is COc1ccc(N2CC(C(=O)Nc3c(C(C)C)cnc4c3c(=O)n(C)c(=O)n4C)CC2=O)cc1. The van der Waals surface area contributed by atoms with Crippen LogP contribution in [0.5, 0.6) is 5.75 Å². The number of nitrogens with one attached hydrogen (secondary N) is 1. The molecule has 1 saturated heterocycles. The second-order valence-corrected chi connectivity index (χ2v) is 8.74. The minimum Gasteiger partial charge on any atom is -0.497 e. The maximum atomic E-state index is 13.3. The minimum atomic E-state index is -0.603. The fraction of sp³-hybridized carbons (Fsp3) is 0.375. The molecular weight excluding hydrogens is 438 g/mol. The van der Waals surface area contributed by atoms with Gasteiger partial charge in [-0.3, -0.25) is 23.5 Å². The summed E-state index contributed by atoms with van der Waals surface area (Å²) in [6.45, 7) is 4.07. The van der Waals surface area contributed by atoms with Crippen molar-refractivity contribution < 1.29 is 14.3 Å². The number of carbonyl (C=O) groups is 2. The van der Waals surface area contributed by atoms with Gasteiger partial charge >= 0.3 is 5.69 Å². The quantitative estimate of drug-likeness (QED) is 0.614. The third kappa shape index (κ3) is 3.85. The number of aryl methyl sites for hydroxylation is 1. The summed E-state index contributed by atoms with van der Waals surface area (Å²) in [6.07, 6.45) is 1.62. The molecule has 10 nitrogen and oxygen atoms in total. The number of ether oxygens (including phenoxy) is 1. The molecule has 1 unspecified atom stereocenters. The molecule has 1 N–H and O–H groups in total. The van der Waals surface area contributed by atoms with Crippen molar-refractivity contribution in [3.8, 4) is 5.75 Å². The Morgan fingerprint density at radius 1 is 1.12 bits per heavy atom. The number of amides is 2. The maximum Gasteiger partial charge on any atom is 0.332 e. The summed E-state index contributed by atoms with van der Waals surface area (Å²) in [5.41, 5.74) is 0.837. The highest BCUT2D eigenvalue weighted by Crippen LogP contribution is 2.31. The van der Waals surface area contributed by atoms with Gasteiger partial charge in [-0.25, -0.2) is 9.78 Å². The molecule has 0 radical (unpaired) electrons. The van der Waals surface area contributed by atoms with Crippen molar-refractivity contribution in [3.05, 3.63) is 56.9 Å². The molecule has 10 heteroatoms. The Kier molecular flexibility index (Phi) is 5.99. The van der Waals surface area contributed by atoms with Crippen LogP contribution in [0.4, 0.5) is 11.4 Å². The van der Waals surface area contributed by atoms with E-state index in [1.165, 1.54) is 18.7 Å². The van der Waals surface area contributed by atoms with Gasteiger partial charge in [-0.2, -0.15) is 0 Å². The minimum absolute atomic E-state index is 0.0462. The van der Waals surface area contributed by atoms with E-state index in [-0.39, 0.29) is 41.7 Å². The van der Waals surface area contributed by atoms with E-state index < -0.39 is 17.2 Å². The van der Waals surface area contributed by atoms with Crippen molar-refractivity contribution in [2.75, 3.05) is 23.9 Å². The second kappa shape index (κ2) is 8.77. The number of fused-ring (bicyclic) bond motifs is 1. The fourth-order valence-corrected chi connectivity index (χ4v) is 4.24. The van der Waals surface area contributed by atoms with Crippen LogP contribution in [0.1, 0.15) is 31.7 Å². The zero-order valence-electron chi connectivity index (χ0n) is 19.8. The average molecular weight is 466 g/mol. The van der Waals surface area contributed by atoms with Gasteiger partial charge in [0, 0.05) is 38.9 Å². The summed E-state index contributed by atoms with van der Waals surface area (Å²) < 4.78 is 7.44. The monoisotopic (exact) mass is 465 g/mol. The largest absolute Gasteiger partial charge is 0.497 e. The highest BCUT2D eigenvalue weighted by atomic mass is 16.5. The number of nitrogens with zero attached hydrogens (tertiary/aromatic N) is 4. The number of rotatable bonds is 5. The Bertz CT molecular complexity index is 1400. The van der Waals surface area contributed by atoms with Crippen molar-refractivity contribution in [3.63, 3.8) is 0 Å². The van der Waals surface area contributed by atoms with Gasteiger partial charge in [0.2, 0.25) is 11.8 Å². The molecule has 4 rings (SSSR count). The molecule has 1 fully saturated rings. The van der Waals surface area contributed by atoms with Crippen molar-refractivity contribution in [1.82, 2.24) is 14.1 Å². The van der Waals surface area contributed by atoms with Crippen LogP contribution >= 0.6 is 0 Å². The molecule has 1 aliphatic heterocycles. The normalized spacial score (nSPS) is 15.9. The fourth-order valence-electron chi connectivity index (χ4n) is 4.24. The van der Waals surface area contributed by atoms with Crippen molar-refractivity contribution in [2.45, 2.75) is 26.2 Å². The van der Waals surface area contributed by atoms with Gasteiger partial charge in [-0.05, 0) is 35.7 Å². The Balaban J connectivity index is 1.70. The van der Waals surface area contributed by atoms with Crippen molar-refractivity contribution in [1.29, 1.82) is 0 Å². The number of hydrogen-bond acceptors (Lipinski definition) is 6. The summed E-state index contributed by atoms with van der Waals surface area (Å²) in [6, 6.07) is 7.06. The Morgan fingerprint density at radius 2 is 1.79 bits per heavy atom. The van der Waals surface area contributed by atoms with Gasteiger partial charge in [-0.1, -0.05) is 13.8 Å². The summed E-state index contributed by atoms with van der Waals surface area (Å²) in [5, 5.41) is 3.06. The van der Waals surface area contributed by atoms with Gasteiger partial charge in [0.25, 0.3) is 5.56 Å². The molecule has 0 saturated carbocycles. The van der Waals surface area contributed by atoms with Crippen LogP contribution in [0.2, 0.25) is 0 Å². The highest BCUT2D eigenvalue weighted by Gasteiger charge is 2.36. The molecule has 0 aliphatic carbocycles. The lowest BCUT2D eigenvalue weighted by Gasteiger charge is -2.19. The van der Waals surface area contributed by atoms with E-state index in [2.05, 4.69) is 10.3 Å². The predicted octanol–water partition coefficient (Wildman–Crippen LogP) is 1.76. The van der Waals surface area contributed by atoms with Crippen LogP contribution in [0.15, 0.2) is 40.1 Å². The van der Waals surface area contributed by atoms with E-state index in [0.717, 1.165) is 4.57 Å². The molecule has 0 spiro atoms. The molecule has 34 heavy (non-hydrogen) atoms. The number of aromatic nitrogens is 3. The summed E-state index contributed by atoms with van der Waals surface area (Å²) in [4.78, 5) is 57.3. The first kappa shape index (κ1) is 23.2. The number of anilines is 2. The predicted molar refractivity (Wildman–Crippen MR) is 128 cm³/mol. The maximum absolute atomic E-state index is 13.3. The molecule has 2 aromatic heterocycles. The van der Waals surface area contributed by atoms with Gasteiger partial charge in [0.1, 0.15) is 11.1 Å². The number of hydrogen-bond donors (Lipinski definition) is 1. The third-order valence-corrected chi connectivity index (χ3v) is 6.25. The molecule has 1 aliphatic rings. The zero-order chi connectivity index (χ0) is 24.7. The zero-order valence-corrected chi connectivity index (χ0v) is 19.8. The molecule has 178 valence electrons. The molecule has 3 heterocycles. The van der Waals surface area contributed by atoms with Crippen LogP contribution < -0.4 is 26.2 Å². The first-order valence-corrected chi connectivity index (χ1v) is 11.0. The van der Waals surface area contributed by atoms with Crippen molar-refractivity contribution >= 4 is 34.2 Å². The third-order valence-electron chi connectivity index (χ3n) is 6.25. The van der Waals surface area contributed by atoms with Crippen LogP contribution in [-0.2, 0) is 23.7 Å². The average Bonchev–Trinajstić information content (AvgIpc) is 3.22.